The molecule has 0 saturated carbocycles. The molecule has 3 amide bonds. The first kappa shape index (κ1) is 15.4. The van der Waals surface area contributed by atoms with E-state index in [0.717, 1.165) is 37.9 Å². The lowest BCUT2D eigenvalue weighted by molar-refractivity contribution is -0.117. The molecule has 1 aliphatic rings. The van der Waals surface area contributed by atoms with E-state index in [1.165, 1.54) is 0 Å². The number of amides is 3. The van der Waals surface area contributed by atoms with Gasteiger partial charge in [0.1, 0.15) is 0 Å². The summed E-state index contributed by atoms with van der Waals surface area (Å²) in [5.41, 5.74) is 1.46. The number of nitrogens with one attached hydrogen (secondary N) is 2. The normalized spacial score (nSPS) is 14.3. The Balaban J connectivity index is 1.96. The van der Waals surface area contributed by atoms with Crippen molar-refractivity contribution in [3.8, 4) is 0 Å². The van der Waals surface area contributed by atoms with Crippen LogP contribution in [-0.4, -0.2) is 25.0 Å². The van der Waals surface area contributed by atoms with Crippen LogP contribution < -0.4 is 15.5 Å². The molecule has 114 valence electrons. The van der Waals surface area contributed by atoms with Gasteiger partial charge in [-0.05, 0) is 25.0 Å². The first-order valence-electron chi connectivity index (χ1n) is 7.66. The van der Waals surface area contributed by atoms with Crippen LogP contribution in [0.2, 0.25) is 0 Å². The van der Waals surface area contributed by atoms with Crippen LogP contribution in [0.25, 0.3) is 0 Å². The lowest BCUT2D eigenvalue weighted by atomic mass is 10.2. The van der Waals surface area contributed by atoms with Gasteiger partial charge in [0.25, 0.3) is 0 Å². The molecular formula is C16H23N3O2. The van der Waals surface area contributed by atoms with Crippen molar-refractivity contribution in [2.75, 3.05) is 23.3 Å². The van der Waals surface area contributed by atoms with Crippen molar-refractivity contribution in [3.63, 3.8) is 0 Å². The molecule has 21 heavy (non-hydrogen) atoms. The summed E-state index contributed by atoms with van der Waals surface area (Å²) in [7, 11) is 0. The summed E-state index contributed by atoms with van der Waals surface area (Å²) in [5.74, 6) is 0.118. The Morgan fingerprint density at radius 2 is 2.10 bits per heavy atom. The molecule has 0 radical (unpaired) electrons. The van der Waals surface area contributed by atoms with Gasteiger partial charge < -0.3 is 15.5 Å². The Labute approximate surface area is 125 Å². The van der Waals surface area contributed by atoms with Crippen LogP contribution in [0.4, 0.5) is 16.2 Å². The van der Waals surface area contributed by atoms with Crippen LogP contribution in [0.3, 0.4) is 0 Å². The summed E-state index contributed by atoms with van der Waals surface area (Å²) in [4.78, 5) is 25.5. The highest BCUT2D eigenvalue weighted by Gasteiger charge is 2.23. The number of benzene rings is 1. The van der Waals surface area contributed by atoms with Crippen LogP contribution >= 0.6 is 0 Å². The molecule has 5 heteroatoms. The van der Waals surface area contributed by atoms with Gasteiger partial charge in [-0.3, -0.25) is 4.79 Å². The second kappa shape index (κ2) is 7.67. The maximum Gasteiger partial charge on any atom is 0.319 e. The average Bonchev–Trinajstić information content (AvgIpc) is 2.90. The topological polar surface area (TPSA) is 61.4 Å². The second-order valence-corrected chi connectivity index (χ2v) is 5.25. The molecule has 0 aliphatic carbocycles. The average molecular weight is 289 g/mol. The highest BCUT2D eigenvalue weighted by atomic mass is 16.2. The van der Waals surface area contributed by atoms with Crippen LogP contribution in [0.5, 0.6) is 0 Å². The van der Waals surface area contributed by atoms with Crippen LogP contribution in [-0.2, 0) is 4.79 Å². The fourth-order valence-corrected chi connectivity index (χ4v) is 2.46. The molecule has 0 aromatic heterocycles. The first-order chi connectivity index (χ1) is 10.2. The van der Waals surface area contributed by atoms with Crippen molar-refractivity contribution in [3.05, 3.63) is 24.3 Å². The Bertz CT molecular complexity index is 502. The van der Waals surface area contributed by atoms with E-state index in [4.69, 9.17) is 0 Å². The van der Waals surface area contributed by atoms with Crippen molar-refractivity contribution < 1.29 is 9.59 Å². The third-order valence-corrected chi connectivity index (χ3v) is 3.58. The molecule has 1 fully saturated rings. The molecule has 1 aliphatic heterocycles. The monoisotopic (exact) mass is 289 g/mol. The van der Waals surface area contributed by atoms with Crippen LogP contribution in [0.15, 0.2) is 24.3 Å². The number of nitrogens with zero attached hydrogens (tertiary/aromatic N) is 1. The molecule has 2 N–H and O–H groups in total. The second-order valence-electron chi connectivity index (χ2n) is 5.25. The summed E-state index contributed by atoms with van der Waals surface area (Å²) in [6.45, 7) is 3.52. The van der Waals surface area contributed by atoms with Crippen molar-refractivity contribution in [2.45, 2.75) is 39.0 Å². The van der Waals surface area contributed by atoms with E-state index < -0.39 is 0 Å². The number of hydrogen-bond acceptors (Lipinski definition) is 2. The fourth-order valence-electron chi connectivity index (χ4n) is 2.46. The SMILES string of the molecule is CCCCCNC(=O)Nc1ccccc1N1CCCC1=O. The summed E-state index contributed by atoms with van der Waals surface area (Å²) in [6.07, 6.45) is 4.67. The largest absolute Gasteiger partial charge is 0.338 e. The predicted molar refractivity (Wildman–Crippen MR) is 84.6 cm³/mol. The number of carbonyl (C=O) groups excluding carboxylic acids is 2. The van der Waals surface area contributed by atoms with Crippen molar-refractivity contribution in [1.29, 1.82) is 0 Å². The predicted octanol–water partition coefficient (Wildman–Crippen LogP) is 3.13. The number of para-hydroxylation sites is 2. The Hall–Kier alpha value is -2.04. The van der Waals surface area contributed by atoms with Crippen LogP contribution in [0, 0.1) is 0 Å². The highest BCUT2D eigenvalue weighted by Crippen LogP contribution is 2.29. The van der Waals surface area contributed by atoms with Gasteiger partial charge in [-0.15, -0.1) is 0 Å². The van der Waals surface area contributed by atoms with Gasteiger partial charge in [0.05, 0.1) is 11.4 Å². The standard InChI is InChI=1S/C16H23N3O2/c1-2-3-6-11-17-16(21)18-13-8-4-5-9-14(13)19-12-7-10-15(19)20/h4-5,8-9H,2-3,6-7,10-12H2,1H3,(H2,17,18,21). The summed E-state index contributed by atoms with van der Waals surface area (Å²) >= 11 is 0. The number of urea groups is 1. The number of anilines is 2. The summed E-state index contributed by atoms with van der Waals surface area (Å²) in [6, 6.07) is 7.22. The Morgan fingerprint density at radius 1 is 1.29 bits per heavy atom. The van der Waals surface area contributed by atoms with E-state index in [1.807, 2.05) is 24.3 Å². The smallest absolute Gasteiger partial charge is 0.319 e. The number of hydrogen-bond donors (Lipinski definition) is 2. The van der Waals surface area contributed by atoms with Crippen molar-refractivity contribution in [1.82, 2.24) is 5.32 Å². The summed E-state index contributed by atoms with van der Waals surface area (Å²) < 4.78 is 0. The molecule has 0 unspecified atom stereocenters. The van der Waals surface area contributed by atoms with E-state index in [0.29, 0.717) is 18.7 Å². The number of rotatable bonds is 6. The van der Waals surface area contributed by atoms with Gasteiger partial charge in [0, 0.05) is 19.5 Å². The van der Waals surface area contributed by atoms with E-state index in [1.54, 1.807) is 4.90 Å². The molecule has 1 heterocycles. The molecule has 1 aromatic carbocycles. The van der Waals surface area contributed by atoms with E-state index in [-0.39, 0.29) is 11.9 Å². The lowest BCUT2D eigenvalue weighted by Gasteiger charge is -2.20. The third kappa shape index (κ3) is 4.21. The first-order valence-corrected chi connectivity index (χ1v) is 7.66. The summed E-state index contributed by atoms with van der Waals surface area (Å²) in [5, 5.41) is 5.68. The number of carbonyl (C=O) groups is 2. The van der Waals surface area contributed by atoms with E-state index in [9.17, 15) is 9.59 Å². The molecule has 0 bridgehead atoms. The molecule has 2 rings (SSSR count). The molecule has 5 nitrogen and oxygen atoms in total. The van der Waals surface area contributed by atoms with Gasteiger partial charge in [0.2, 0.25) is 5.91 Å². The zero-order chi connectivity index (χ0) is 15.1. The zero-order valence-electron chi connectivity index (χ0n) is 12.5. The molecule has 1 aromatic rings. The van der Waals surface area contributed by atoms with E-state index >= 15 is 0 Å². The molecule has 0 atom stereocenters. The minimum Gasteiger partial charge on any atom is -0.338 e. The van der Waals surface area contributed by atoms with Crippen molar-refractivity contribution >= 4 is 23.3 Å². The maximum atomic E-state index is 11.9. The zero-order valence-corrected chi connectivity index (χ0v) is 12.5. The maximum absolute atomic E-state index is 11.9. The quantitative estimate of drug-likeness (QED) is 0.790. The lowest BCUT2D eigenvalue weighted by Crippen LogP contribution is -2.31. The Morgan fingerprint density at radius 3 is 2.81 bits per heavy atom. The third-order valence-electron chi connectivity index (χ3n) is 3.58. The van der Waals surface area contributed by atoms with Crippen LogP contribution in [0.1, 0.15) is 39.0 Å². The van der Waals surface area contributed by atoms with Gasteiger partial charge in [-0.2, -0.15) is 0 Å². The molecular weight excluding hydrogens is 266 g/mol. The Kier molecular flexibility index (Phi) is 5.60. The van der Waals surface area contributed by atoms with Gasteiger partial charge in [-0.25, -0.2) is 4.79 Å². The fraction of sp³-hybridized carbons (Fsp3) is 0.500. The minimum absolute atomic E-state index is 0.118. The van der Waals surface area contributed by atoms with E-state index in [2.05, 4.69) is 17.6 Å². The molecule has 1 saturated heterocycles. The number of unbranched alkanes of at least 4 members (excludes halogenated alkanes) is 2. The van der Waals surface area contributed by atoms with Gasteiger partial charge >= 0.3 is 6.03 Å². The van der Waals surface area contributed by atoms with Crippen molar-refractivity contribution in [2.24, 2.45) is 0 Å². The highest BCUT2D eigenvalue weighted by molar-refractivity contribution is 6.01. The molecule has 0 spiro atoms. The minimum atomic E-state index is -0.217. The van der Waals surface area contributed by atoms with Gasteiger partial charge in [-0.1, -0.05) is 31.9 Å². The van der Waals surface area contributed by atoms with Gasteiger partial charge in [0.15, 0.2) is 0 Å².